The summed E-state index contributed by atoms with van der Waals surface area (Å²) in [5, 5.41) is 23.4. The monoisotopic (exact) mass is 958 g/mol. The number of esters is 1. The number of amides is 1. The molecule has 0 aliphatic carbocycles. The molecule has 0 aromatic carbocycles. The Balaban J connectivity index is 3.48. The smallest absolute Gasteiger partial charge is 0.305 e. The van der Waals surface area contributed by atoms with Crippen LogP contribution in [0.4, 0.5) is 0 Å². The van der Waals surface area contributed by atoms with Crippen LogP contribution in [0.1, 0.15) is 335 Å². The van der Waals surface area contributed by atoms with Gasteiger partial charge < -0.3 is 20.3 Å². The number of nitrogens with one attached hydrogen (secondary N) is 1. The number of aliphatic hydroxyl groups is 2. The molecule has 0 aliphatic heterocycles. The molecule has 0 aliphatic rings. The van der Waals surface area contributed by atoms with E-state index in [4.69, 9.17) is 4.74 Å². The van der Waals surface area contributed by atoms with Crippen LogP contribution >= 0.6 is 0 Å². The van der Waals surface area contributed by atoms with Gasteiger partial charge in [-0.15, -0.1) is 0 Å². The number of aliphatic hydroxyl groups excluding tert-OH is 2. The largest absolute Gasteiger partial charge is 0.466 e. The van der Waals surface area contributed by atoms with Crippen LogP contribution in [0.3, 0.4) is 0 Å². The van der Waals surface area contributed by atoms with Crippen molar-refractivity contribution in [2.45, 2.75) is 347 Å². The van der Waals surface area contributed by atoms with E-state index in [-0.39, 0.29) is 18.5 Å². The lowest BCUT2D eigenvalue weighted by Gasteiger charge is -2.22. The fraction of sp³-hybridized carbons (Fsp3) is 0.903. The summed E-state index contributed by atoms with van der Waals surface area (Å²) in [5.74, 6) is -0.0875. The molecule has 0 saturated carbocycles. The molecule has 68 heavy (non-hydrogen) atoms. The predicted octanol–water partition coefficient (Wildman–Crippen LogP) is 19.0. The van der Waals surface area contributed by atoms with Crippen molar-refractivity contribution in [3.05, 3.63) is 24.3 Å². The molecule has 0 heterocycles. The first-order chi connectivity index (χ1) is 33.5. The molecule has 0 rings (SSSR count). The first-order valence-electron chi connectivity index (χ1n) is 30.6. The van der Waals surface area contributed by atoms with Crippen molar-refractivity contribution in [2.24, 2.45) is 0 Å². The van der Waals surface area contributed by atoms with E-state index in [0.29, 0.717) is 25.9 Å². The highest BCUT2D eigenvalue weighted by molar-refractivity contribution is 5.76. The van der Waals surface area contributed by atoms with Crippen LogP contribution in [-0.4, -0.2) is 47.4 Å². The van der Waals surface area contributed by atoms with Crippen LogP contribution in [0.5, 0.6) is 0 Å². The lowest BCUT2D eigenvalue weighted by molar-refractivity contribution is -0.143. The quantitative estimate of drug-likeness (QED) is 0.0321. The van der Waals surface area contributed by atoms with Crippen molar-refractivity contribution >= 4 is 11.9 Å². The molecule has 402 valence electrons. The molecule has 0 bridgehead atoms. The third-order valence-electron chi connectivity index (χ3n) is 14.2. The minimum atomic E-state index is -0.682. The zero-order valence-corrected chi connectivity index (χ0v) is 45.9. The molecular formula is C62H119NO5. The Labute approximate surface area is 424 Å². The molecule has 2 unspecified atom stereocenters. The molecule has 3 N–H and O–H groups in total. The van der Waals surface area contributed by atoms with E-state index in [2.05, 4.69) is 43.5 Å². The van der Waals surface area contributed by atoms with E-state index in [1.807, 2.05) is 0 Å². The SMILES string of the molecule is CCCCCCCC/C=C\CCCCCCCC(=O)OCCCCC/C=C\CCCCCCCC(=O)NC(CO)C(O)CCCCCCCCCCCCCCCCCCCCCCCCCC. The van der Waals surface area contributed by atoms with E-state index in [9.17, 15) is 19.8 Å². The van der Waals surface area contributed by atoms with Crippen molar-refractivity contribution < 1.29 is 24.5 Å². The van der Waals surface area contributed by atoms with Gasteiger partial charge in [-0.2, -0.15) is 0 Å². The second-order valence-electron chi connectivity index (χ2n) is 21.0. The maximum atomic E-state index is 12.5. The summed E-state index contributed by atoms with van der Waals surface area (Å²) in [7, 11) is 0. The van der Waals surface area contributed by atoms with Crippen LogP contribution in [0.15, 0.2) is 24.3 Å². The summed E-state index contributed by atoms with van der Waals surface area (Å²) in [6.45, 7) is 4.91. The Hall–Kier alpha value is -1.66. The van der Waals surface area contributed by atoms with Gasteiger partial charge >= 0.3 is 5.97 Å². The van der Waals surface area contributed by atoms with E-state index >= 15 is 0 Å². The number of carbonyl (C=O) groups excluding carboxylic acids is 2. The van der Waals surface area contributed by atoms with Crippen LogP contribution in [0.2, 0.25) is 0 Å². The van der Waals surface area contributed by atoms with Gasteiger partial charge in [-0.05, 0) is 83.5 Å². The molecule has 6 nitrogen and oxygen atoms in total. The zero-order valence-electron chi connectivity index (χ0n) is 45.9. The van der Waals surface area contributed by atoms with Crippen LogP contribution in [0, 0.1) is 0 Å². The normalized spacial score (nSPS) is 12.7. The van der Waals surface area contributed by atoms with Gasteiger partial charge in [0.25, 0.3) is 0 Å². The van der Waals surface area contributed by atoms with Gasteiger partial charge in [0.2, 0.25) is 5.91 Å². The van der Waals surface area contributed by atoms with E-state index in [1.165, 1.54) is 225 Å². The first-order valence-corrected chi connectivity index (χ1v) is 30.6. The van der Waals surface area contributed by atoms with Crippen molar-refractivity contribution in [2.75, 3.05) is 13.2 Å². The molecule has 2 atom stereocenters. The molecule has 0 saturated heterocycles. The molecule has 0 radical (unpaired) electrons. The second-order valence-corrected chi connectivity index (χ2v) is 21.0. The van der Waals surface area contributed by atoms with E-state index in [1.54, 1.807) is 0 Å². The molecule has 6 heteroatoms. The number of allylic oxidation sites excluding steroid dienone is 4. The summed E-state index contributed by atoms with van der Waals surface area (Å²) in [6, 6.07) is -0.562. The van der Waals surface area contributed by atoms with Crippen molar-refractivity contribution in [3.8, 4) is 0 Å². The Bertz CT molecular complexity index is 1060. The Morgan fingerprint density at radius 2 is 0.691 bits per heavy atom. The van der Waals surface area contributed by atoms with Crippen LogP contribution in [0.25, 0.3) is 0 Å². The Morgan fingerprint density at radius 1 is 0.397 bits per heavy atom. The molecule has 1 amide bonds. The minimum Gasteiger partial charge on any atom is -0.466 e. The topological polar surface area (TPSA) is 95.9 Å². The van der Waals surface area contributed by atoms with Gasteiger partial charge in [0.1, 0.15) is 0 Å². The number of carbonyl (C=O) groups is 2. The van der Waals surface area contributed by atoms with Gasteiger partial charge in [0.05, 0.1) is 25.4 Å². The summed E-state index contributed by atoms with van der Waals surface area (Å²) < 4.78 is 5.45. The van der Waals surface area contributed by atoms with Gasteiger partial charge in [-0.1, -0.05) is 263 Å². The van der Waals surface area contributed by atoms with Crippen molar-refractivity contribution in [1.82, 2.24) is 5.32 Å². The minimum absolute atomic E-state index is 0.0297. The van der Waals surface area contributed by atoms with E-state index < -0.39 is 12.1 Å². The predicted molar refractivity (Wildman–Crippen MR) is 296 cm³/mol. The third-order valence-corrected chi connectivity index (χ3v) is 14.2. The van der Waals surface area contributed by atoms with Gasteiger partial charge in [0, 0.05) is 12.8 Å². The highest BCUT2D eigenvalue weighted by Crippen LogP contribution is 2.18. The zero-order chi connectivity index (χ0) is 49.3. The Morgan fingerprint density at radius 3 is 1.04 bits per heavy atom. The summed E-state index contributed by atoms with van der Waals surface area (Å²) >= 11 is 0. The van der Waals surface area contributed by atoms with Crippen LogP contribution in [-0.2, 0) is 14.3 Å². The van der Waals surface area contributed by atoms with Gasteiger partial charge in [0.15, 0.2) is 0 Å². The number of unbranched alkanes of at least 4 members (excludes halogenated alkanes) is 42. The first kappa shape index (κ1) is 66.3. The van der Waals surface area contributed by atoms with Crippen molar-refractivity contribution in [1.29, 1.82) is 0 Å². The lowest BCUT2D eigenvalue weighted by Crippen LogP contribution is -2.45. The average molecular weight is 959 g/mol. The molecule has 0 aromatic rings. The van der Waals surface area contributed by atoms with Gasteiger partial charge in [-0.3, -0.25) is 9.59 Å². The van der Waals surface area contributed by atoms with E-state index in [0.717, 1.165) is 77.0 Å². The second kappa shape index (κ2) is 57.9. The maximum Gasteiger partial charge on any atom is 0.305 e. The number of hydrogen-bond donors (Lipinski definition) is 3. The lowest BCUT2D eigenvalue weighted by atomic mass is 10.0. The summed E-state index contributed by atoms with van der Waals surface area (Å²) in [4.78, 5) is 24.6. The number of rotatable bonds is 57. The van der Waals surface area contributed by atoms with Crippen molar-refractivity contribution in [3.63, 3.8) is 0 Å². The average Bonchev–Trinajstić information content (AvgIpc) is 3.34. The van der Waals surface area contributed by atoms with Crippen LogP contribution < -0.4 is 5.32 Å². The van der Waals surface area contributed by atoms with Gasteiger partial charge in [-0.25, -0.2) is 0 Å². The standard InChI is InChI=1S/C62H119NO5/c1-3-5-7-9-11-13-15-17-19-20-21-22-23-24-25-26-27-29-30-34-38-42-46-50-54-60(65)59(58-64)63-61(66)55-51-47-43-39-35-32-33-37-41-45-49-53-57-68-62(67)56-52-48-44-40-36-31-28-18-16-14-12-10-8-6-4-2/h18,28,33,37,59-60,64-65H,3-17,19-27,29-32,34-36,38-58H2,1-2H3,(H,63,66)/b28-18-,37-33-. The maximum absolute atomic E-state index is 12.5. The number of ether oxygens (including phenoxy) is 1. The fourth-order valence-electron chi connectivity index (χ4n) is 9.51. The number of hydrogen-bond acceptors (Lipinski definition) is 5. The highest BCUT2D eigenvalue weighted by Gasteiger charge is 2.20. The highest BCUT2D eigenvalue weighted by atomic mass is 16.5. The fourth-order valence-corrected chi connectivity index (χ4v) is 9.51. The third kappa shape index (κ3) is 53.7. The molecule has 0 fully saturated rings. The summed E-state index contributed by atoms with van der Waals surface area (Å²) in [6.07, 6.45) is 70.4. The molecule has 0 aromatic heterocycles. The summed E-state index contributed by atoms with van der Waals surface area (Å²) in [5.41, 5.74) is 0. The molecule has 0 spiro atoms. The Kier molecular flexibility index (Phi) is 56.5. The molecular weight excluding hydrogens is 839 g/mol.